The molecule has 0 radical (unpaired) electrons. The van der Waals surface area contributed by atoms with Crippen molar-refractivity contribution in [2.45, 2.75) is 58.4 Å². The number of alkyl halides is 1. The molecule has 0 bridgehead atoms. The maximum atomic E-state index is 11.8. The van der Waals surface area contributed by atoms with E-state index >= 15 is 0 Å². The minimum absolute atomic E-state index is 0.0701. The Balaban J connectivity index is 2.44. The minimum Gasteiger partial charge on any atom is -0.353 e. The monoisotopic (exact) mass is 245 g/mol. The second kappa shape index (κ2) is 7.16. The zero-order chi connectivity index (χ0) is 12.0. The van der Waals surface area contributed by atoms with Crippen molar-refractivity contribution in [2.24, 2.45) is 11.8 Å². The zero-order valence-electron chi connectivity index (χ0n) is 10.5. The van der Waals surface area contributed by atoms with Gasteiger partial charge in [-0.15, -0.1) is 11.6 Å². The van der Waals surface area contributed by atoms with E-state index in [1.807, 2.05) is 6.92 Å². The second-order valence-corrected chi connectivity index (χ2v) is 5.29. The van der Waals surface area contributed by atoms with Gasteiger partial charge in [0.05, 0.1) is 0 Å². The zero-order valence-corrected chi connectivity index (χ0v) is 11.2. The van der Waals surface area contributed by atoms with Gasteiger partial charge in [0.1, 0.15) is 0 Å². The highest BCUT2D eigenvalue weighted by Crippen LogP contribution is 2.27. The molecule has 0 heterocycles. The molecule has 0 aliphatic heterocycles. The number of carbonyl (C=O) groups excluding carboxylic acids is 1. The van der Waals surface area contributed by atoms with E-state index in [0.717, 1.165) is 6.42 Å². The van der Waals surface area contributed by atoms with Crippen LogP contribution in [0, 0.1) is 11.8 Å². The first kappa shape index (κ1) is 13.8. The summed E-state index contributed by atoms with van der Waals surface area (Å²) >= 11 is 5.70. The topological polar surface area (TPSA) is 29.1 Å². The van der Waals surface area contributed by atoms with Crippen LogP contribution in [0.15, 0.2) is 0 Å². The quantitative estimate of drug-likeness (QED) is 0.740. The van der Waals surface area contributed by atoms with Gasteiger partial charge in [-0.3, -0.25) is 4.79 Å². The van der Waals surface area contributed by atoms with Crippen LogP contribution < -0.4 is 5.32 Å². The highest BCUT2D eigenvalue weighted by atomic mass is 35.5. The summed E-state index contributed by atoms with van der Waals surface area (Å²) in [6.07, 6.45) is 7.58. The lowest BCUT2D eigenvalue weighted by molar-refractivity contribution is -0.125. The molecule has 1 rings (SSSR count). The Morgan fingerprint density at radius 1 is 1.38 bits per heavy atom. The van der Waals surface area contributed by atoms with Gasteiger partial charge in [0, 0.05) is 17.8 Å². The molecule has 0 spiro atoms. The lowest BCUT2D eigenvalue weighted by Crippen LogP contribution is -2.43. The van der Waals surface area contributed by atoms with Crippen LogP contribution in [0.5, 0.6) is 0 Å². The predicted molar refractivity (Wildman–Crippen MR) is 68.7 cm³/mol. The predicted octanol–water partition coefficient (Wildman–Crippen LogP) is 3.34. The smallest absolute Gasteiger partial charge is 0.224 e. The molecule has 1 saturated carbocycles. The van der Waals surface area contributed by atoms with Crippen LogP contribution in [0.1, 0.15) is 52.4 Å². The fourth-order valence-corrected chi connectivity index (χ4v) is 2.62. The molecule has 16 heavy (non-hydrogen) atoms. The molecule has 0 saturated heterocycles. The number of hydrogen-bond acceptors (Lipinski definition) is 1. The minimum atomic E-state index is -0.0701. The largest absolute Gasteiger partial charge is 0.353 e. The molecule has 0 aromatic heterocycles. The van der Waals surface area contributed by atoms with Gasteiger partial charge in [0.25, 0.3) is 0 Å². The third-order valence-corrected chi connectivity index (χ3v) is 4.13. The summed E-state index contributed by atoms with van der Waals surface area (Å²) in [5, 5.41) is 3.16. The summed E-state index contributed by atoms with van der Waals surface area (Å²) in [4.78, 5) is 11.8. The molecular formula is C13H24ClNO. The van der Waals surface area contributed by atoms with Crippen molar-refractivity contribution in [1.29, 1.82) is 0 Å². The molecule has 1 N–H and O–H groups in total. The van der Waals surface area contributed by atoms with Crippen molar-refractivity contribution in [1.82, 2.24) is 5.32 Å². The Morgan fingerprint density at radius 2 is 2.00 bits per heavy atom. The molecule has 3 heteroatoms. The number of halogens is 1. The van der Waals surface area contributed by atoms with Crippen molar-refractivity contribution >= 4 is 17.5 Å². The van der Waals surface area contributed by atoms with E-state index in [4.69, 9.17) is 11.6 Å². The van der Waals surface area contributed by atoms with Gasteiger partial charge < -0.3 is 5.32 Å². The molecule has 0 aromatic rings. The van der Waals surface area contributed by atoms with Gasteiger partial charge in [-0.25, -0.2) is 0 Å². The summed E-state index contributed by atoms with van der Waals surface area (Å²) < 4.78 is 0. The van der Waals surface area contributed by atoms with Crippen molar-refractivity contribution in [2.75, 3.05) is 5.88 Å². The average Bonchev–Trinajstić information content (AvgIpc) is 2.35. The van der Waals surface area contributed by atoms with Crippen LogP contribution in [0.3, 0.4) is 0 Å². The lowest BCUT2D eigenvalue weighted by Gasteiger charge is -2.30. The Morgan fingerprint density at radius 3 is 2.50 bits per heavy atom. The second-order valence-electron chi connectivity index (χ2n) is 4.98. The number of hydrogen-bond donors (Lipinski definition) is 1. The van der Waals surface area contributed by atoms with Crippen molar-refractivity contribution in [3.8, 4) is 0 Å². The maximum Gasteiger partial charge on any atom is 0.224 e. The molecule has 0 aromatic carbocycles. The van der Waals surface area contributed by atoms with Crippen LogP contribution in [0.2, 0.25) is 0 Å². The van der Waals surface area contributed by atoms with E-state index in [0.29, 0.717) is 17.8 Å². The highest BCUT2D eigenvalue weighted by Gasteiger charge is 2.24. The van der Waals surface area contributed by atoms with Crippen LogP contribution in [0.4, 0.5) is 0 Å². The average molecular weight is 246 g/mol. The van der Waals surface area contributed by atoms with Crippen molar-refractivity contribution < 1.29 is 4.79 Å². The van der Waals surface area contributed by atoms with Gasteiger partial charge in [-0.1, -0.05) is 33.1 Å². The van der Waals surface area contributed by atoms with E-state index in [-0.39, 0.29) is 11.8 Å². The first-order valence-electron chi connectivity index (χ1n) is 6.55. The summed E-state index contributed by atoms with van der Waals surface area (Å²) in [6.45, 7) is 4.04. The number of amides is 1. The Kier molecular flexibility index (Phi) is 6.18. The van der Waals surface area contributed by atoms with Crippen molar-refractivity contribution in [3.63, 3.8) is 0 Å². The molecule has 2 unspecified atom stereocenters. The number of nitrogens with one attached hydrogen (secondary N) is 1. The fraction of sp³-hybridized carbons (Fsp3) is 0.923. The lowest BCUT2D eigenvalue weighted by atomic mass is 9.83. The van der Waals surface area contributed by atoms with E-state index in [2.05, 4.69) is 12.2 Å². The first-order chi connectivity index (χ1) is 7.69. The molecule has 1 amide bonds. The molecule has 94 valence electrons. The Labute approximate surface area is 104 Å². The molecule has 2 nitrogen and oxygen atoms in total. The van der Waals surface area contributed by atoms with Gasteiger partial charge in [-0.05, 0) is 25.2 Å². The first-order valence-corrected chi connectivity index (χ1v) is 7.08. The van der Waals surface area contributed by atoms with Crippen LogP contribution in [0.25, 0.3) is 0 Å². The van der Waals surface area contributed by atoms with Crippen LogP contribution >= 0.6 is 11.6 Å². The van der Waals surface area contributed by atoms with E-state index < -0.39 is 0 Å². The van der Waals surface area contributed by atoms with Gasteiger partial charge in [-0.2, -0.15) is 0 Å². The third kappa shape index (κ3) is 3.97. The molecule has 2 atom stereocenters. The standard InChI is InChI=1S/C13H24ClNO/c1-3-12(11-7-5-4-6-8-11)15-13(16)10(2)9-14/h10-12H,3-9H2,1-2H3,(H,15,16). The molecule has 1 aliphatic carbocycles. The third-order valence-electron chi connectivity index (χ3n) is 3.67. The molecular weight excluding hydrogens is 222 g/mol. The summed E-state index contributed by atoms with van der Waals surface area (Å²) in [7, 11) is 0. The normalized spacial score (nSPS) is 21.4. The van der Waals surface area contributed by atoms with E-state index in [9.17, 15) is 4.79 Å². The van der Waals surface area contributed by atoms with E-state index in [1.54, 1.807) is 0 Å². The highest BCUT2D eigenvalue weighted by molar-refractivity contribution is 6.19. The van der Waals surface area contributed by atoms with Gasteiger partial charge in [0.2, 0.25) is 5.91 Å². The van der Waals surface area contributed by atoms with E-state index in [1.165, 1.54) is 32.1 Å². The number of rotatable bonds is 5. The summed E-state index contributed by atoms with van der Waals surface area (Å²) in [5.74, 6) is 1.14. The summed E-state index contributed by atoms with van der Waals surface area (Å²) in [6, 6.07) is 0.360. The molecule has 1 aliphatic rings. The fourth-order valence-electron chi connectivity index (χ4n) is 2.48. The van der Waals surface area contributed by atoms with Crippen LogP contribution in [-0.2, 0) is 4.79 Å². The maximum absolute atomic E-state index is 11.8. The Hall–Kier alpha value is -0.240. The molecule has 1 fully saturated rings. The summed E-state index contributed by atoms with van der Waals surface area (Å²) in [5.41, 5.74) is 0. The number of carbonyl (C=O) groups is 1. The van der Waals surface area contributed by atoms with Gasteiger partial charge in [0.15, 0.2) is 0 Å². The van der Waals surface area contributed by atoms with Gasteiger partial charge >= 0.3 is 0 Å². The Bertz CT molecular complexity index is 214. The van der Waals surface area contributed by atoms with Crippen molar-refractivity contribution in [3.05, 3.63) is 0 Å². The SMILES string of the molecule is CCC(NC(=O)C(C)CCl)C1CCCCC1. The van der Waals surface area contributed by atoms with Crippen LogP contribution in [-0.4, -0.2) is 17.8 Å².